The zero-order valence-electron chi connectivity index (χ0n) is 12.6. The van der Waals surface area contributed by atoms with Gasteiger partial charge in [-0.05, 0) is 30.3 Å². The maximum atomic E-state index is 14.1. The number of rotatable bonds is 5. The lowest BCUT2D eigenvalue weighted by Gasteiger charge is -2.10. The molecule has 0 unspecified atom stereocenters. The number of amides is 1. The lowest BCUT2D eigenvalue weighted by atomic mass is 10.2. The summed E-state index contributed by atoms with van der Waals surface area (Å²) in [5, 5.41) is 7.15. The van der Waals surface area contributed by atoms with Crippen LogP contribution in [0.25, 0.3) is 5.69 Å². The molecule has 25 heavy (non-hydrogen) atoms. The van der Waals surface area contributed by atoms with Gasteiger partial charge in [0.05, 0.1) is 5.02 Å². The minimum atomic E-state index is -0.554. The Balaban J connectivity index is 1.63. The molecule has 0 aliphatic rings. The lowest BCUT2D eigenvalue weighted by Crippen LogP contribution is -2.20. The van der Waals surface area contributed by atoms with E-state index in [2.05, 4.69) is 15.4 Å². The summed E-state index contributed by atoms with van der Waals surface area (Å²) >= 11 is 11.8. The minimum Gasteiger partial charge on any atom is -0.482 e. The van der Waals surface area contributed by atoms with Crippen LogP contribution in [0.15, 0.2) is 49.1 Å². The summed E-state index contributed by atoms with van der Waals surface area (Å²) in [6.07, 6.45) is 2.67. The first-order valence-corrected chi connectivity index (χ1v) is 7.81. The molecule has 1 amide bonds. The first-order chi connectivity index (χ1) is 12.0. The molecule has 0 spiro atoms. The summed E-state index contributed by atoms with van der Waals surface area (Å²) in [5.74, 6) is -0.733. The Morgan fingerprint density at radius 1 is 1.24 bits per heavy atom. The standard InChI is InChI=1S/C16H11Cl2FN4O2/c17-10-1-3-12(18)15(5-10)25-7-16(24)22-11-2-4-14(13(19)6-11)23-9-20-8-21-23/h1-6,8-9H,7H2,(H,22,24). The topological polar surface area (TPSA) is 69.0 Å². The number of ether oxygens (including phenoxy) is 1. The third-order valence-corrected chi connectivity index (χ3v) is 3.70. The molecule has 1 aromatic heterocycles. The number of carbonyl (C=O) groups is 1. The zero-order valence-corrected chi connectivity index (χ0v) is 14.1. The maximum absolute atomic E-state index is 14.1. The van der Waals surface area contributed by atoms with Gasteiger partial charge in [-0.3, -0.25) is 4.79 Å². The van der Waals surface area contributed by atoms with Crippen LogP contribution in [0, 0.1) is 5.82 Å². The van der Waals surface area contributed by atoms with Crippen LogP contribution in [0.2, 0.25) is 10.0 Å². The van der Waals surface area contributed by atoms with Crippen molar-refractivity contribution in [1.29, 1.82) is 0 Å². The molecule has 0 saturated heterocycles. The molecule has 0 atom stereocenters. The monoisotopic (exact) mass is 380 g/mol. The zero-order chi connectivity index (χ0) is 17.8. The first-order valence-electron chi connectivity index (χ1n) is 7.05. The molecule has 0 saturated carbocycles. The van der Waals surface area contributed by atoms with Gasteiger partial charge in [0.25, 0.3) is 5.91 Å². The second-order valence-electron chi connectivity index (χ2n) is 4.92. The molecule has 6 nitrogen and oxygen atoms in total. The van der Waals surface area contributed by atoms with Crippen LogP contribution >= 0.6 is 23.2 Å². The molecule has 0 fully saturated rings. The highest BCUT2D eigenvalue weighted by molar-refractivity contribution is 6.34. The Morgan fingerprint density at radius 2 is 2.08 bits per heavy atom. The number of nitrogens with zero attached hydrogens (tertiary/aromatic N) is 3. The predicted molar refractivity (Wildman–Crippen MR) is 91.9 cm³/mol. The highest BCUT2D eigenvalue weighted by atomic mass is 35.5. The van der Waals surface area contributed by atoms with E-state index >= 15 is 0 Å². The van der Waals surface area contributed by atoms with Gasteiger partial charge in [0.1, 0.15) is 24.1 Å². The number of halogens is 3. The molecule has 0 aliphatic heterocycles. The van der Waals surface area contributed by atoms with E-state index in [9.17, 15) is 9.18 Å². The van der Waals surface area contributed by atoms with Crippen molar-refractivity contribution in [2.45, 2.75) is 0 Å². The summed E-state index contributed by atoms with van der Waals surface area (Å²) in [7, 11) is 0. The first kappa shape index (κ1) is 17.2. The van der Waals surface area contributed by atoms with Crippen LogP contribution in [-0.4, -0.2) is 27.3 Å². The fraction of sp³-hybridized carbons (Fsp3) is 0.0625. The van der Waals surface area contributed by atoms with E-state index < -0.39 is 11.7 Å². The number of aromatic nitrogens is 3. The highest BCUT2D eigenvalue weighted by Gasteiger charge is 2.10. The average molecular weight is 381 g/mol. The van der Waals surface area contributed by atoms with Crippen LogP contribution < -0.4 is 10.1 Å². The molecule has 0 aliphatic carbocycles. The second kappa shape index (κ2) is 7.50. The number of hydrogen-bond acceptors (Lipinski definition) is 4. The highest BCUT2D eigenvalue weighted by Crippen LogP contribution is 2.27. The molecule has 1 N–H and O–H groups in total. The van der Waals surface area contributed by atoms with Crippen molar-refractivity contribution in [3.05, 3.63) is 64.9 Å². The van der Waals surface area contributed by atoms with Crippen molar-refractivity contribution in [1.82, 2.24) is 14.8 Å². The maximum Gasteiger partial charge on any atom is 0.262 e. The smallest absolute Gasteiger partial charge is 0.262 e. The Hall–Kier alpha value is -2.64. The number of nitrogens with one attached hydrogen (secondary N) is 1. The van der Waals surface area contributed by atoms with Crippen molar-refractivity contribution in [3.63, 3.8) is 0 Å². The molecule has 2 aromatic carbocycles. The number of anilines is 1. The van der Waals surface area contributed by atoms with Crippen molar-refractivity contribution >= 4 is 34.8 Å². The quantitative estimate of drug-likeness (QED) is 0.731. The van der Waals surface area contributed by atoms with Gasteiger partial charge < -0.3 is 10.1 Å². The van der Waals surface area contributed by atoms with Gasteiger partial charge in [0, 0.05) is 16.8 Å². The van der Waals surface area contributed by atoms with Crippen molar-refractivity contribution in [3.8, 4) is 11.4 Å². The molecule has 9 heteroatoms. The summed E-state index contributed by atoms with van der Waals surface area (Å²) in [6.45, 7) is -0.299. The van der Waals surface area contributed by atoms with Gasteiger partial charge in [0.15, 0.2) is 12.4 Å². The van der Waals surface area contributed by atoms with E-state index in [0.717, 1.165) is 0 Å². The number of hydrogen-bond donors (Lipinski definition) is 1. The number of benzene rings is 2. The van der Waals surface area contributed by atoms with Gasteiger partial charge in [0.2, 0.25) is 0 Å². The molecular formula is C16H11Cl2FN4O2. The molecule has 0 bridgehead atoms. The molecule has 3 aromatic rings. The molecule has 1 heterocycles. The van der Waals surface area contributed by atoms with Crippen LogP contribution in [0.5, 0.6) is 5.75 Å². The van der Waals surface area contributed by atoms with E-state index in [1.54, 1.807) is 18.2 Å². The molecule has 128 valence electrons. The SMILES string of the molecule is O=C(COc1cc(Cl)ccc1Cl)Nc1ccc(-n2cncn2)c(F)c1. The van der Waals surface area contributed by atoms with E-state index in [4.69, 9.17) is 27.9 Å². The van der Waals surface area contributed by atoms with E-state index in [1.165, 1.54) is 35.5 Å². The molecular weight excluding hydrogens is 370 g/mol. The van der Waals surface area contributed by atoms with Crippen molar-refractivity contribution in [2.75, 3.05) is 11.9 Å². The van der Waals surface area contributed by atoms with Gasteiger partial charge in [-0.1, -0.05) is 23.2 Å². The predicted octanol–water partition coefficient (Wildman–Crippen LogP) is 3.73. The fourth-order valence-electron chi connectivity index (χ4n) is 2.03. The van der Waals surface area contributed by atoms with E-state index in [1.807, 2.05) is 0 Å². The van der Waals surface area contributed by atoms with Gasteiger partial charge >= 0.3 is 0 Å². The van der Waals surface area contributed by atoms with Crippen molar-refractivity contribution < 1.29 is 13.9 Å². The fourth-order valence-corrected chi connectivity index (χ4v) is 2.37. The molecule has 3 rings (SSSR count). The Morgan fingerprint density at radius 3 is 2.80 bits per heavy atom. The largest absolute Gasteiger partial charge is 0.482 e. The van der Waals surface area contributed by atoms with Gasteiger partial charge in [-0.15, -0.1) is 0 Å². The number of carbonyl (C=O) groups excluding carboxylic acids is 1. The minimum absolute atomic E-state index is 0.220. The van der Waals surface area contributed by atoms with Gasteiger partial charge in [-0.2, -0.15) is 5.10 Å². The summed E-state index contributed by atoms with van der Waals surface area (Å²) < 4.78 is 20.7. The summed E-state index contributed by atoms with van der Waals surface area (Å²) in [5.41, 5.74) is 0.504. The Kier molecular flexibility index (Phi) is 5.16. The van der Waals surface area contributed by atoms with Crippen LogP contribution in [0.1, 0.15) is 0 Å². The Labute approximate surface area is 152 Å². The second-order valence-corrected chi connectivity index (χ2v) is 5.76. The van der Waals surface area contributed by atoms with Gasteiger partial charge in [-0.25, -0.2) is 14.1 Å². The lowest BCUT2D eigenvalue weighted by molar-refractivity contribution is -0.118. The Bertz CT molecular complexity index is 903. The van der Waals surface area contributed by atoms with Crippen LogP contribution in [-0.2, 0) is 4.79 Å². The summed E-state index contributed by atoms with van der Waals surface area (Å²) in [6, 6.07) is 8.88. The third kappa shape index (κ3) is 4.26. The van der Waals surface area contributed by atoms with Crippen LogP contribution in [0.4, 0.5) is 10.1 Å². The average Bonchev–Trinajstić information content (AvgIpc) is 3.10. The van der Waals surface area contributed by atoms with E-state index in [0.29, 0.717) is 10.0 Å². The molecule has 0 radical (unpaired) electrons. The van der Waals surface area contributed by atoms with E-state index in [-0.39, 0.29) is 23.7 Å². The van der Waals surface area contributed by atoms with Crippen LogP contribution in [0.3, 0.4) is 0 Å². The normalized spacial score (nSPS) is 10.5. The third-order valence-electron chi connectivity index (χ3n) is 3.15. The summed E-state index contributed by atoms with van der Waals surface area (Å²) in [4.78, 5) is 15.7. The van der Waals surface area contributed by atoms with Crippen molar-refractivity contribution in [2.24, 2.45) is 0 Å².